The van der Waals surface area contributed by atoms with Crippen LogP contribution in [0.15, 0.2) is 61.2 Å². The lowest BCUT2D eigenvalue weighted by Gasteiger charge is -2.28. The Morgan fingerprint density at radius 3 is 2.14 bits per heavy atom. The molecule has 0 aromatic heterocycles. The lowest BCUT2D eigenvalue weighted by Crippen LogP contribution is -2.46. The molecular weight excluding hydrogens is 529 g/mol. The van der Waals surface area contributed by atoms with Gasteiger partial charge in [-0.05, 0) is 35.1 Å². The summed E-state index contributed by atoms with van der Waals surface area (Å²) in [6.07, 6.45) is 0.624. The largest absolute Gasteiger partial charge is 0.480 e. The molecule has 0 heterocycles. The molecule has 1 amide bonds. The van der Waals surface area contributed by atoms with E-state index in [9.17, 15) is 19.5 Å². The number of halogens is 3. The SMILES string of the molecule is C=CCCN(C(=O)OCC1c2ccccc2-c2ccccc21)[C@@H](CCC(=O)OCC(Cl)(Cl)Cl)C(=O)O. The smallest absolute Gasteiger partial charge is 0.410 e. The van der Waals surface area contributed by atoms with Crippen LogP contribution in [0.1, 0.15) is 36.3 Å². The molecule has 0 saturated carbocycles. The second-order valence-electron chi connectivity index (χ2n) is 8.24. The number of carboxylic acids is 1. The van der Waals surface area contributed by atoms with Crippen LogP contribution < -0.4 is 0 Å². The van der Waals surface area contributed by atoms with Gasteiger partial charge in [-0.3, -0.25) is 9.69 Å². The lowest BCUT2D eigenvalue weighted by molar-refractivity contribution is -0.146. The minimum Gasteiger partial charge on any atom is -0.480 e. The summed E-state index contributed by atoms with van der Waals surface area (Å²) in [6.45, 7) is 3.26. The number of aliphatic carboxylic acids is 1. The summed E-state index contributed by atoms with van der Waals surface area (Å²) in [5.74, 6) is -2.20. The van der Waals surface area contributed by atoms with E-state index in [0.29, 0.717) is 6.42 Å². The second-order valence-corrected chi connectivity index (χ2v) is 10.8. The number of benzene rings is 2. The second kappa shape index (κ2) is 12.5. The number of carbonyl (C=O) groups excluding carboxylic acids is 2. The van der Waals surface area contributed by atoms with Gasteiger partial charge in [-0.15, -0.1) is 6.58 Å². The molecule has 1 aliphatic rings. The molecule has 0 aliphatic heterocycles. The summed E-state index contributed by atoms with van der Waals surface area (Å²) in [4.78, 5) is 38.3. The van der Waals surface area contributed by atoms with Crippen LogP contribution in [0, 0.1) is 0 Å². The van der Waals surface area contributed by atoms with Crippen LogP contribution in [0.4, 0.5) is 4.79 Å². The third-order valence-corrected chi connectivity index (χ3v) is 6.15. The van der Waals surface area contributed by atoms with Crippen LogP contribution >= 0.6 is 34.8 Å². The highest BCUT2D eigenvalue weighted by Gasteiger charge is 2.34. The Kier molecular flexibility index (Phi) is 9.65. The van der Waals surface area contributed by atoms with Crippen LogP contribution in [0.5, 0.6) is 0 Å². The molecule has 1 N–H and O–H groups in total. The number of nitrogens with zero attached hydrogens (tertiary/aromatic N) is 1. The van der Waals surface area contributed by atoms with Crippen LogP contribution in [-0.4, -0.2) is 57.6 Å². The first kappa shape index (κ1) is 27.8. The molecule has 2 aromatic carbocycles. The van der Waals surface area contributed by atoms with Crippen LogP contribution in [0.3, 0.4) is 0 Å². The fourth-order valence-corrected chi connectivity index (χ4v) is 4.35. The fourth-order valence-electron chi connectivity index (χ4n) is 4.18. The van der Waals surface area contributed by atoms with Gasteiger partial charge >= 0.3 is 18.0 Å². The first-order valence-electron chi connectivity index (χ1n) is 11.3. The number of rotatable bonds is 11. The molecule has 0 saturated heterocycles. The molecule has 2 aromatic rings. The number of carbonyl (C=O) groups is 3. The van der Waals surface area contributed by atoms with Gasteiger partial charge in [-0.2, -0.15) is 0 Å². The molecule has 0 bridgehead atoms. The van der Waals surface area contributed by atoms with Gasteiger partial charge in [0.2, 0.25) is 3.79 Å². The number of hydrogen-bond donors (Lipinski definition) is 1. The van der Waals surface area contributed by atoms with Crippen molar-refractivity contribution in [1.82, 2.24) is 4.90 Å². The quantitative estimate of drug-likeness (QED) is 0.209. The van der Waals surface area contributed by atoms with Crippen molar-refractivity contribution in [2.24, 2.45) is 0 Å². The third kappa shape index (κ3) is 7.15. The summed E-state index contributed by atoms with van der Waals surface area (Å²) >= 11 is 16.7. The average molecular weight is 555 g/mol. The Morgan fingerprint density at radius 1 is 1.03 bits per heavy atom. The molecule has 3 rings (SSSR count). The van der Waals surface area contributed by atoms with Gasteiger partial charge in [0.1, 0.15) is 19.3 Å². The highest BCUT2D eigenvalue weighted by atomic mass is 35.6. The zero-order valence-electron chi connectivity index (χ0n) is 19.4. The molecule has 0 spiro atoms. The molecule has 10 heteroatoms. The van der Waals surface area contributed by atoms with Crippen LogP contribution in [-0.2, 0) is 19.1 Å². The fraction of sp³-hybridized carbons (Fsp3) is 0.346. The van der Waals surface area contributed by atoms with Gasteiger partial charge in [0, 0.05) is 18.9 Å². The number of ether oxygens (including phenoxy) is 2. The van der Waals surface area contributed by atoms with E-state index in [2.05, 4.69) is 6.58 Å². The lowest BCUT2D eigenvalue weighted by atomic mass is 9.98. The monoisotopic (exact) mass is 553 g/mol. The number of hydrogen-bond acceptors (Lipinski definition) is 5. The van der Waals surface area contributed by atoms with E-state index in [-0.39, 0.29) is 31.9 Å². The third-order valence-electron chi connectivity index (χ3n) is 5.82. The van der Waals surface area contributed by atoms with Crippen molar-refractivity contribution in [1.29, 1.82) is 0 Å². The molecule has 36 heavy (non-hydrogen) atoms. The van der Waals surface area contributed by atoms with Crippen molar-refractivity contribution >= 4 is 52.8 Å². The molecule has 0 fully saturated rings. The Labute approximate surface area is 224 Å². The van der Waals surface area contributed by atoms with E-state index < -0.39 is 34.5 Å². The highest BCUT2D eigenvalue weighted by Crippen LogP contribution is 2.44. The summed E-state index contributed by atoms with van der Waals surface area (Å²) < 4.78 is 8.73. The Hall–Kier alpha value is -2.74. The topological polar surface area (TPSA) is 93.1 Å². The number of esters is 1. The van der Waals surface area contributed by atoms with E-state index in [1.54, 1.807) is 6.08 Å². The molecular formula is C26H26Cl3NO6. The number of carboxylic acid groups (broad SMARTS) is 1. The summed E-state index contributed by atoms with van der Waals surface area (Å²) in [7, 11) is 0. The first-order valence-corrected chi connectivity index (χ1v) is 12.4. The van der Waals surface area contributed by atoms with Gasteiger partial charge in [-0.1, -0.05) is 89.4 Å². The Balaban J connectivity index is 1.71. The first-order chi connectivity index (χ1) is 17.1. The normalized spacial score (nSPS) is 13.3. The van der Waals surface area contributed by atoms with Gasteiger partial charge in [-0.25, -0.2) is 9.59 Å². The van der Waals surface area contributed by atoms with E-state index >= 15 is 0 Å². The van der Waals surface area contributed by atoms with Crippen LogP contribution in [0.25, 0.3) is 11.1 Å². The van der Waals surface area contributed by atoms with E-state index in [1.165, 1.54) is 0 Å². The van der Waals surface area contributed by atoms with Crippen molar-refractivity contribution in [2.75, 3.05) is 19.8 Å². The molecule has 1 atom stereocenters. The van der Waals surface area contributed by atoms with Crippen molar-refractivity contribution in [3.8, 4) is 11.1 Å². The van der Waals surface area contributed by atoms with Gasteiger partial charge < -0.3 is 14.6 Å². The van der Waals surface area contributed by atoms with E-state index in [1.807, 2.05) is 48.5 Å². The zero-order chi connectivity index (χ0) is 26.3. The summed E-state index contributed by atoms with van der Waals surface area (Å²) in [6, 6.07) is 14.5. The molecule has 7 nitrogen and oxygen atoms in total. The summed E-state index contributed by atoms with van der Waals surface area (Å²) in [5.41, 5.74) is 4.23. The van der Waals surface area contributed by atoms with Gasteiger partial charge in [0.05, 0.1) is 0 Å². The summed E-state index contributed by atoms with van der Waals surface area (Å²) in [5, 5.41) is 9.81. The molecule has 1 aliphatic carbocycles. The van der Waals surface area contributed by atoms with E-state index in [4.69, 9.17) is 44.3 Å². The maximum Gasteiger partial charge on any atom is 0.410 e. The van der Waals surface area contributed by atoms with Crippen LogP contribution in [0.2, 0.25) is 0 Å². The molecule has 0 unspecified atom stereocenters. The minimum atomic E-state index is -1.78. The maximum atomic E-state index is 13.1. The average Bonchev–Trinajstić information content (AvgIpc) is 3.16. The number of fused-ring (bicyclic) bond motifs is 3. The van der Waals surface area contributed by atoms with Gasteiger partial charge in [0.15, 0.2) is 0 Å². The predicted molar refractivity (Wildman–Crippen MR) is 138 cm³/mol. The Morgan fingerprint density at radius 2 is 1.61 bits per heavy atom. The Bertz CT molecular complexity index is 1070. The zero-order valence-corrected chi connectivity index (χ0v) is 21.6. The molecule has 192 valence electrons. The standard InChI is InChI=1S/C26H26Cl3NO6/c1-2-3-14-30(22(24(32)33)12-13-23(31)36-16-26(27,28)29)25(34)35-15-21-19-10-6-4-8-17(19)18-9-5-7-11-20(18)21/h2,4-11,21-22H,1,3,12-16H2,(H,32,33)/t22-/m0/s1. The van der Waals surface area contributed by atoms with Crippen molar-refractivity contribution < 1.29 is 29.0 Å². The van der Waals surface area contributed by atoms with Gasteiger partial charge in [0.25, 0.3) is 0 Å². The van der Waals surface area contributed by atoms with Crippen molar-refractivity contribution in [3.63, 3.8) is 0 Å². The highest BCUT2D eigenvalue weighted by molar-refractivity contribution is 6.67. The maximum absolute atomic E-state index is 13.1. The minimum absolute atomic E-state index is 0.0368. The van der Waals surface area contributed by atoms with Crippen molar-refractivity contribution in [2.45, 2.75) is 35.0 Å². The predicted octanol–water partition coefficient (Wildman–Crippen LogP) is 5.96. The number of alkyl halides is 3. The number of amides is 1. The van der Waals surface area contributed by atoms with Crippen molar-refractivity contribution in [3.05, 3.63) is 72.3 Å². The molecule has 0 radical (unpaired) electrons. The van der Waals surface area contributed by atoms with E-state index in [0.717, 1.165) is 27.2 Å².